The fourth-order valence-corrected chi connectivity index (χ4v) is 3.79. The standard InChI is InChI=1S/C19H19Cl2N5O/c1-13-2-5-16(21)12-17(13)26-19(22-23-24-26)18(25-8-10-27-11-9-25)14-3-6-15(20)7-4-14/h2-7,12,18H,8-11H2,1H3/p+1/t18-/m0/s1. The predicted octanol–water partition coefficient (Wildman–Crippen LogP) is 2.28. The van der Waals surface area contributed by atoms with Crippen molar-refractivity contribution in [1.82, 2.24) is 20.2 Å². The first-order valence-electron chi connectivity index (χ1n) is 8.86. The average molecular weight is 405 g/mol. The van der Waals surface area contributed by atoms with E-state index in [9.17, 15) is 0 Å². The van der Waals surface area contributed by atoms with Crippen molar-refractivity contribution < 1.29 is 9.64 Å². The number of halogens is 2. The molecule has 1 saturated heterocycles. The Morgan fingerprint density at radius 2 is 1.74 bits per heavy atom. The maximum atomic E-state index is 6.23. The van der Waals surface area contributed by atoms with Crippen molar-refractivity contribution in [3.05, 3.63) is 69.5 Å². The molecule has 0 saturated carbocycles. The Morgan fingerprint density at radius 3 is 2.48 bits per heavy atom. The molecule has 3 aromatic rings. The van der Waals surface area contributed by atoms with Crippen molar-refractivity contribution in [3.63, 3.8) is 0 Å². The van der Waals surface area contributed by atoms with E-state index in [1.54, 1.807) is 4.68 Å². The first-order valence-corrected chi connectivity index (χ1v) is 9.61. The highest BCUT2D eigenvalue weighted by atomic mass is 35.5. The van der Waals surface area contributed by atoms with Crippen molar-refractivity contribution in [2.24, 2.45) is 0 Å². The number of morpholine rings is 1. The Bertz CT molecular complexity index is 922. The highest BCUT2D eigenvalue weighted by molar-refractivity contribution is 6.31. The van der Waals surface area contributed by atoms with Gasteiger partial charge in [0.05, 0.1) is 18.9 Å². The first kappa shape index (κ1) is 18.4. The molecule has 1 aliphatic heterocycles. The summed E-state index contributed by atoms with van der Waals surface area (Å²) in [5.74, 6) is 0.777. The van der Waals surface area contributed by atoms with Crippen LogP contribution in [0.5, 0.6) is 0 Å². The van der Waals surface area contributed by atoms with Crippen LogP contribution in [0.15, 0.2) is 42.5 Å². The summed E-state index contributed by atoms with van der Waals surface area (Å²) in [5.41, 5.74) is 3.06. The Labute approximate surface area is 167 Å². The Kier molecular flexibility index (Phi) is 5.41. The molecule has 6 nitrogen and oxygen atoms in total. The third-order valence-corrected chi connectivity index (χ3v) is 5.38. The van der Waals surface area contributed by atoms with Crippen LogP contribution in [0.25, 0.3) is 5.69 Å². The minimum absolute atomic E-state index is 0.0282. The van der Waals surface area contributed by atoms with Gasteiger partial charge < -0.3 is 9.64 Å². The fourth-order valence-electron chi connectivity index (χ4n) is 3.50. The zero-order chi connectivity index (χ0) is 18.8. The van der Waals surface area contributed by atoms with Crippen LogP contribution in [0.4, 0.5) is 0 Å². The third kappa shape index (κ3) is 3.84. The Hall–Kier alpha value is -1.99. The molecule has 4 rings (SSSR count). The number of hydrogen-bond donors (Lipinski definition) is 1. The average Bonchev–Trinajstić information content (AvgIpc) is 3.15. The summed E-state index contributed by atoms with van der Waals surface area (Å²) in [4.78, 5) is 1.36. The molecule has 0 spiro atoms. The van der Waals surface area contributed by atoms with Crippen molar-refractivity contribution in [3.8, 4) is 5.69 Å². The van der Waals surface area contributed by atoms with Gasteiger partial charge in [-0.25, -0.2) is 0 Å². The lowest BCUT2D eigenvalue weighted by Gasteiger charge is -2.31. The summed E-state index contributed by atoms with van der Waals surface area (Å²) in [6.07, 6.45) is 0. The van der Waals surface area contributed by atoms with E-state index in [2.05, 4.69) is 15.5 Å². The maximum absolute atomic E-state index is 6.23. The van der Waals surface area contributed by atoms with Crippen LogP contribution in [0, 0.1) is 6.92 Å². The van der Waals surface area contributed by atoms with Crippen LogP contribution < -0.4 is 4.90 Å². The smallest absolute Gasteiger partial charge is 0.219 e. The number of ether oxygens (including phenoxy) is 1. The molecule has 0 amide bonds. The quantitative estimate of drug-likeness (QED) is 0.724. The summed E-state index contributed by atoms with van der Waals surface area (Å²) in [7, 11) is 0. The van der Waals surface area contributed by atoms with Crippen molar-refractivity contribution >= 4 is 23.2 Å². The zero-order valence-corrected chi connectivity index (χ0v) is 16.4. The van der Waals surface area contributed by atoms with Gasteiger partial charge in [0.1, 0.15) is 13.1 Å². The minimum atomic E-state index is -0.0282. The Balaban J connectivity index is 1.82. The summed E-state index contributed by atoms with van der Waals surface area (Å²) in [6, 6.07) is 13.6. The third-order valence-electron chi connectivity index (χ3n) is 4.90. The SMILES string of the molecule is Cc1ccc(Cl)cc1-n1nnnc1[C@H](c1ccc(Cl)cc1)[NH+]1CCOCC1. The molecule has 8 heteroatoms. The van der Waals surface area contributed by atoms with Gasteiger partial charge in [0.2, 0.25) is 5.82 Å². The largest absolute Gasteiger partial charge is 0.370 e. The second-order valence-electron chi connectivity index (χ2n) is 6.63. The molecule has 1 atom stereocenters. The normalized spacial score (nSPS) is 16.4. The summed E-state index contributed by atoms with van der Waals surface area (Å²) < 4.78 is 7.35. The number of hydrogen-bond acceptors (Lipinski definition) is 4. The summed E-state index contributed by atoms with van der Waals surface area (Å²) >= 11 is 12.3. The van der Waals surface area contributed by atoms with Crippen molar-refractivity contribution in [2.45, 2.75) is 13.0 Å². The lowest BCUT2D eigenvalue weighted by molar-refractivity contribution is -0.933. The van der Waals surface area contributed by atoms with Crippen molar-refractivity contribution in [2.75, 3.05) is 26.3 Å². The molecule has 2 aromatic carbocycles. The number of aromatic nitrogens is 4. The molecule has 1 N–H and O–H groups in total. The van der Waals surface area contributed by atoms with Gasteiger partial charge in [-0.15, -0.1) is 5.10 Å². The van der Waals surface area contributed by atoms with E-state index < -0.39 is 0 Å². The molecule has 1 fully saturated rings. The van der Waals surface area contributed by atoms with Crippen LogP contribution in [-0.2, 0) is 4.74 Å². The lowest BCUT2D eigenvalue weighted by atomic mass is 10.0. The number of quaternary nitrogens is 1. The van der Waals surface area contributed by atoms with Gasteiger partial charge in [0, 0.05) is 15.6 Å². The number of tetrazole rings is 1. The molecular weight excluding hydrogens is 385 g/mol. The van der Waals surface area contributed by atoms with E-state index in [0.717, 1.165) is 48.9 Å². The number of nitrogens with zero attached hydrogens (tertiary/aromatic N) is 4. The second kappa shape index (κ2) is 7.94. The van der Waals surface area contributed by atoms with E-state index in [4.69, 9.17) is 27.9 Å². The van der Waals surface area contributed by atoms with Crippen LogP contribution >= 0.6 is 23.2 Å². The Morgan fingerprint density at radius 1 is 1.04 bits per heavy atom. The van der Waals surface area contributed by atoms with Gasteiger partial charge in [-0.05, 0) is 47.2 Å². The molecule has 140 valence electrons. The summed E-state index contributed by atoms with van der Waals surface area (Å²) in [6.45, 7) is 5.23. The van der Waals surface area contributed by atoms with E-state index in [1.165, 1.54) is 4.90 Å². The van der Waals surface area contributed by atoms with Gasteiger partial charge in [0.25, 0.3) is 0 Å². The second-order valence-corrected chi connectivity index (χ2v) is 7.51. The monoisotopic (exact) mass is 404 g/mol. The van der Waals surface area contributed by atoms with Gasteiger partial charge in [-0.3, -0.25) is 0 Å². The van der Waals surface area contributed by atoms with E-state index in [0.29, 0.717) is 10.0 Å². The molecule has 1 aliphatic rings. The van der Waals surface area contributed by atoms with Crippen LogP contribution in [0.2, 0.25) is 10.0 Å². The number of benzene rings is 2. The first-order chi connectivity index (χ1) is 13.1. The number of aryl methyl sites for hydroxylation is 1. The minimum Gasteiger partial charge on any atom is -0.370 e. The van der Waals surface area contributed by atoms with Crippen LogP contribution in [0.3, 0.4) is 0 Å². The molecular formula is C19H20Cl2N5O+. The molecule has 27 heavy (non-hydrogen) atoms. The molecule has 0 radical (unpaired) electrons. The highest BCUT2D eigenvalue weighted by Crippen LogP contribution is 2.24. The van der Waals surface area contributed by atoms with Gasteiger partial charge in [-0.2, -0.15) is 4.68 Å². The van der Waals surface area contributed by atoms with E-state index >= 15 is 0 Å². The van der Waals surface area contributed by atoms with Crippen molar-refractivity contribution in [1.29, 1.82) is 0 Å². The number of rotatable bonds is 4. The maximum Gasteiger partial charge on any atom is 0.219 e. The van der Waals surface area contributed by atoms with Crippen LogP contribution in [-0.4, -0.2) is 46.5 Å². The molecule has 0 unspecified atom stereocenters. The number of nitrogens with one attached hydrogen (secondary N) is 1. The molecule has 0 bridgehead atoms. The topological polar surface area (TPSA) is 57.3 Å². The summed E-state index contributed by atoms with van der Waals surface area (Å²) in [5, 5.41) is 14.0. The van der Waals surface area contributed by atoms with Gasteiger partial charge in [0.15, 0.2) is 6.04 Å². The lowest BCUT2D eigenvalue weighted by Crippen LogP contribution is -3.14. The van der Waals surface area contributed by atoms with Gasteiger partial charge in [-0.1, -0.05) is 41.4 Å². The predicted molar refractivity (Wildman–Crippen MR) is 104 cm³/mol. The van der Waals surface area contributed by atoms with Gasteiger partial charge >= 0.3 is 0 Å². The van der Waals surface area contributed by atoms with E-state index in [-0.39, 0.29) is 6.04 Å². The van der Waals surface area contributed by atoms with E-state index in [1.807, 2.05) is 49.4 Å². The highest BCUT2D eigenvalue weighted by Gasteiger charge is 2.33. The fraction of sp³-hybridized carbons (Fsp3) is 0.316. The molecule has 0 aliphatic carbocycles. The zero-order valence-electron chi connectivity index (χ0n) is 14.9. The molecule has 2 heterocycles. The van der Waals surface area contributed by atoms with Crippen LogP contribution in [0.1, 0.15) is 23.0 Å². The molecule has 1 aromatic heterocycles.